The maximum absolute atomic E-state index is 12.8. The predicted octanol–water partition coefficient (Wildman–Crippen LogP) is 2.92. The van der Waals surface area contributed by atoms with Crippen molar-refractivity contribution in [1.29, 1.82) is 0 Å². The highest BCUT2D eigenvalue weighted by Gasteiger charge is 2.68. The lowest BCUT2D eigenvalue weighted by molar-refractivity contribution is -0.188. The van der Waals surface area contributed by atoms with E-state index in [1.54, 1.807) is 0 Å². The fourth-order valence-electron chi connectivity index (χ4n) is 6.76. The molecule has 6 atom stereocenters. The molecule has 158 valence electrons. The number of ketones is 1. The number of halogens is 1. The van der Waals surface area contributed by atoms with Gasteiger partial charge in [0.05, 0.1) is 0 Å². The highest BCUT2D eigenvalue weighted by molar-refractivity contribution is 6.32. The van der Waals surface area contributed by atoms with Gasteiger partial charge in [0.25, 0.3) is 0 Å². The van der Waals surface area contributed by atoms with Crippen molar-refractivity contribution >= 4 is 29.3 Å². The number of carbonyl (C=O) groups excluding carboxylic acids is 3. The van der Waals surface area contributed by atoms with E-state index in [1.165, 1.54) is 13.0 Å². The number of cyclic esters (lactones) is 1. The van der Waals surface area contributed by atoms with E-state index in [4.69, 9.17) is 21.1 Å². The van der Waals surface area contributed by atoms with E-state index in [9.17, 15) is 19.5 Å². The summed E-state index contributed by atoms with van der Waals surface area (Å²) in [5.74, 6) is -0.957. The largest absolute Gasteiger partial charge is 0.462 e. The number of carbonyl (C=O) groups is 3. The summed E-state index contributed by atoms with van der Waals surface area (Å²) in [7, 11) is 0. The van der Waals surface area contributed by atoms with E-state index in [1.807, 2.05) is 13.0 Å². The number of esters is 2. The average Bonchev–Trinajstić information content (AvgIpc) is 2.95. The summed E-state index contributed by atoms with van der Waals surface area (Å²) in [6.45, 7) is 5.04. The molecule has 1 aliphatic heterocycles. The van der Waals surface area contributed by atoms with Gasteiger partial charge in [-0.3, -0.25) is 9.59 Å². The number of rotatable bonds is 3. The van der Waals surface area contributed by atoms with Gasteiger partial charge < -0.3 is 14.6 Å². The van der Waals surface area contributed by atoms with Crippen molar-refractivity contribution in [2.45, 2.75) is 52.1 Å². The number of aliphatic hydroxyl groups is 1. The smallest absolute Gasteiger partial charge is 0.331 e. The van der Waals surface area contributed by atoms with Crippen LogP contribution in [-0.4, -0.2) is 41.6 Å². The average molecular weight is 423 g/mol. The molecule has 29 heavy (non-hydrogen) atoms. The summed E-state index contributed by atoms with van der Waals surface area (Å²) in [6.07, 6.45) is 6.08. The van der Waals surface area contributed by atoms with Crippen LogP contribution in [0.3, 0.4) is 0 Å². The van der Waals surface area contributed by atoms with E-state index in [-0.39, 0.29) is 35.7 Å². The van der Waals surface area contributed by atoms with Crippen molar-refractivity contribution in [1.82, 2.24) is 0 Å². The van der Waals surface area contributed by atoms with Crippen LogP contribution < -0.4 is 0 Å². The fraction of sp³-hybridized carbons (Fsp3) is 0.682. The van der Waals surface area contributed by atoms with Gasteiger partial charge in [0.2, 0.25) is 5.78 Å². The molecule has 1 N–H and O–H groups in total. The van der Waals surface area contributed by atoms with Crippen LogP contribution in [-0.2, 0) is 23.9 Å². The maximum Gasteiger partial charge on any atom is 0.331 e. The van der Waals surface area contributed by atoms with Crippen LogP contribution in [0, 0.1) is 28.6 Å². The Bertz CT molecular complexity index is 846. The normalized spacial score (nSPS) is 43.2. The third kappa shape index (κ3) is 2.68. The minimum Gasteiger partial charge on any atom is -0.462 e. The van der Waals surface area contributed by atoms with Crippen molar-refractivity contribution < 1.29 is 29.0 Å². The topological polar surface area (TPSA) is 89.9 Å². The molecule has 3 aliphatic carbocycles. The second kappa shape index (κ2) is 6.67. The summed E-state index contributed by atoms with van der Waals surface area (Å²) in [4.78, 5) is 36.6. The van der Waals surface area contributed by atoms with Crippen LogP contribution in [0.25, 0.3) is 0 Å². The van der Waals surface area contributed by atoms with Crippen LogP contribution >= 0.6 is 11.6 Å². The summed E-state index contributed by atoms with van der Waals surface area (Å²) in [6, 6.07) is 0. The van der Waals surface area contributed by atoms with E-state index in [2.05, 4.69) is 6.92 Å². The predicted molar refractivity (Wildman–Crippen MR) is 105 cm³/mol. The number of aliphatic hydroxyl groups excluding tert-OH is 1. The molecule has 0 radical (unpaired) electrons. The van der Waals surface area contributed by atoms with E-state index in [0.717, 1.165) is 12.0 Å². The van der Waals surface area contributed by atoms with Crippen LogP contribution in [0.15, 0.2) is 22.8 Å². The van der Waals surface area contributed by atoms with Crippen molar-refractivity contribution in [2.24, 2.45) is 28.6 Å². The van der Waals surface area contributed by atoms with Crippen molar-refractivity contribution in [2.75, 3.05) is 13.2 Å². The monoisotopic (exact) mass is 422 g/mol. The molecular weight excluding hydrogens is 396 g/mol. The van der Waals surface area contributed by atoms with Crippen molar-refractivity contribution in [3.63, 3.8) is 0 Å². The van der Waals surface area contributed by atoms with Gasteiger partial charge in [-0.2, -0.15) is 0 Å². The van der Waals surface area contributed by atoms with E-state index >= 15 is 0 Å². The molecule has 0 aromatic heterocycles. The Hall–Kier alpha value is -1.66. The number of fused-ring (bicyclic) bond motifs is 5. The number of ether oxygens (including phenoxy) is 2. The molecule has 6 nitrogen and oxygen atoms in total. The number of allylic oxidation sites excluding steroid dienone is 2. The Balaban J connectivity index is 1.79. The van der Waals surface area contributed by atoms with Gasteiger partial charge in [0.1, 0.15) is 13.2 Å². The van der Waals surface area contributed by atoms with Gasteiger partial charge >= 0.3 is 11.9 Å². The third-order valence-electron chi connectivity index (χ3n) is 8.17. The molecule has 2 saturated carbocycles. The van der Waals surface area contributed by atoms with Crippen molar-refractivity contribution in [3.8, 4) is 0 Å². The molecule has 4 aliphatic rings. The lowest BCUT2D eigenvalue weighted by Crippen LogP contribution is -2.59. The zero-order valence-corrected chi connectivity index (χ0v) is 17.8. The third-order valence-corrected chi connectivity index (χ3v) is 8.50. The standard InChI is InChI=1S/C22H27ClO6/c1-12(25)29-22(18(26)10-24)7-5-15-13-8-17(23)16-9-19(27)28-11-20(16,2)14(13)4-6-21(15,22)3/h8-9,13-15,24H,4-7,10-11H2,1-3H3/t13-,14+,15+,20-,21+,22+/m1/s1. The van der Waals surface area contributed by atoms with Crippen LogP contribution in [0.5, 0.6) is 0 Å². The second-order valence-electron chi connectivity index (χ2n) is 9.38. The fourth-order valence-corrected chi connectivity index (χ4v) is 7.17. The molecule has 0 unspecified atom stereocenters. The number of Topliss-reactive ketones (excluding diaryl/α,β-unsaturated/α-hetero) is 1. The quantitative estimate of drug-likeness (QED) is 0.703. The SMILES string of the molecule is CC(=O)O[C@]1(C(=O)CO)CC[C@H]2[C@@H]3C=C(Cl)C4=CC(=O)OC[C@]4(C)[C@H]3CC[C@@]21C. The Morgan fingerprint density at radius 3 is 2.62 bits per heavy atom. The summed E-state index contributed by atoms with van der Waals surface area (Å²) >= 11 is 6.64. The first kappa shape index (κ1) is 20.6. The molecule has 4 rings (SSSR count). The molecule has 2 fully saturated rings. The Labute approximate surface area is 175 Å². The molecular formula is C22H27ClO6. The molecule has 0 amide bonds. The highest BCUT2D eigenvalue weighted by atomic mass is 35.5. The zero-order chi connectivity index (χ0) is 21.2. The number of hydrogen-bond donors (Lipinski definition) is 1. The van der Waals surface area contributed by atoms with Crippen LogP contribution in [0.2, 0.25) is 0 Å². The minimum atomic E-state index is -1.31. The number of hydrogen-bond acceptors (Lipinski definition) is 6. The van der Waals surface area contributed by atoms with Gasteiger partial charge in [-0.15, -0.1) is 0 Å². The van der Waals surface area contributed by atoms with Crippen LogP contribution in [0.4, 0.5) is 0 Å². The van der Waals surface area contributed by atoms with Gasteiger partial charge in [0, 0.05) is 28.9 Å². The van der Waals surface area contributed by atoms with E-state index < -0.39 is 29.4 Å². The Kier molecular flexibility index (Phi) is 4.74. The zero-order valence-electron chi connectivity index (χ0n) is 17.0. The Morgan fingerprint density at radius 2 is 1.97 bits per heavy atom. The van der Waals surface area contributed by atoms with Gasteiger partial charge in [-0.05, 0) is 49.0 Å². The summed E-state index contributed by atoms with van der Waals surface area (Å²) in [5.41, 5.74) is -1.44. The second-order valence-corrected chi connectivity index (χ2v) is 9.79. The maximum atomic E-state index is 12.8. The van der Waals surface area contributed by atoms with Crippen molar-refractivity contribution in [3.05, 3.63) is 22.8 Å². The lowest BCUT2D eigenvalue weighted by Gasteiger charge is -2.57. The minimum absolute atomic E-state index is 0.0702. The Morgan fingerprint density at radius 1 is 1.28 bits per heavy atom. The van der Waals surface area contributed by atoms with Gasteiger partial charge in [0.15, 0.2) is 5.60 Å². The van der Waals surface area contributed by atoms with Gasteiger partial charge in [-0.1, -0.05) is 31.5 Å². The molecule has 0 bridgehead atoms. The van der Waals surface area contributed by atoms with Crippen LogP contribution in [0.1, 0.15) is 46.5 Å². The lowest BCUT2D eigenvalue weighted by atomic mass is 9.49. The highest BCUT2D eigenvalue weighted by Crippen LogP contribution is 2.67. The molecule has 7 heteroatoms. The molecule has 0 aromatic rings. The summed E-state index contributed by atoms with van der Waals surface area (Å²) < 4.78 is 11.1. The first-order chi connectivity index (χ1) is 13.6. The molecule has 1 heterocycles. The van der Waals surface area contributed by atoms with E-state index in [0.29, 0.717) is 24.3 Å². The first-order valence-electron chi connectivity index (χ1n) is 10.2. The van der Waals surface area contributed by atoms with Gasteiger partial charge in [-0.25, -0.2) is 4.79 Å². The first-order valence-corrected chi connectivity index (χ1v) is 10.6. The molecule has 0 aromatic carbocycles. The molecule has 0 saturated heterocycles. The molecule has 0 spiro atoms. The summed E-state index contributed by atoms with van der Waals surface area (Å²) in [5, 5.41) is 10.2.